The molecule has 0 aliphatic rings. The number of carbonyl (C=O) groups is 2. The molecular weight excluding hydrogens is 456 g/mol. The van der Waals surface area contributed by atoms with E-state index in [1.54, 1.807) is 20.3 Å². The number of aromatic nitrogens is 1. The second-order valence-corrected chi connectivity index (χ2v) is 7.97. The van der Waals surface area contributed by atoms with E-state index in [0.29, 0.717) is 22.9 Å². The largest absolute Gasteiger partial charge is 0.493 e. The molecule has 1 aromatic heterocycles. The zero-order valence-electron chi connectivity index (χ0n) is 19.5. The summed E-state index contributed by atoms with van der Waals surface area (Å²) in [7, 11) is 3.12. The van der Waals surface area contributed by atoms with E-state index in [0.717, 1.165) is 28.2 Å². The van der Waals surface area contributed by atoms with Crippen molar-refractivity contribution in [2.75, 3.05) is 20.8 Å². The van der Waals surface area contributed by atoms with Crippen LogP contribution in [0.15, 0.2) is 53.6 Å². The van der Waals surface area contributed by atoms with Crippen molar-refractivity contribution in [2.24, 2.45) is 5.10 Å². The number of ether oxygens (including phenoxy) is 2. The Morgan fingerprint density at radius 3 is 2.50 bits per heavy atom. The number of hydrazone groups is 1. The molecule has 178 valence electrons. The van der Waals surface area contributed by atoms with Gasteiger partial charge in [-0.25, -0.2) is 5.43 Å². The molecule has 0 saturated carbocycles. The molecule has 1 heterocycles. The molecular formula is C25H27ClN4O4. The monoisotopic (exact) mass is 482 g/mol. The average Bonchev–Trinajstić information content (AvgIpc) is 3.11. The van der Waals surface area contributed by atoms with Crippen LogP contribution in [0.1, 0.15) is 22.5 Å². The molecule has 0 aliphatic heterocycles. The Hall–Kier alpha value is -3.78. The third-order valence-electron chi connectivity index (χ3n) is 5.26. The normalized spacial score (nSPS) is 10.9. The molecule has 2 N–H and O–H groups in total. The number of aryl methyl sites for hydroxylation is 1. The maximum Gasteiger partial charge on any atom is 0.329 e. The van der Waals surface area contributed by atoms with Crippen molar-refractivity contribution in [3.05, 3.63) is 76.1 Å². The highest BCUT2D eigenvalue weighted by Gasteiger charge is 2.13. The van der Waals surface area contributed by atoms with Crippen LogP contribution in [0.5, 0.6) is 11.5 Å². The maximum atomic E-state index is 12.1. The van der Waals surface area contributed by atoms with E-state index in [1.807, 2.05) is 60.9 Å². The third kappa shape index (κ3) is 5.96. The van der Waals surface area contributed by atoms with Crippen molar-refractivity contribution in [3.8, 4) is 17.2 Å². The number of rotatable bonds is 8. The van der Waals surface area contributed by atoms with Gasteiger partial charge >= 0.3 is 11.8 Å². The summed E-state index contributed by atoms with van der Waals surface area (Å²) in [5, 5.41) is 7.17. The molecule has 0 fully saturated rings. The first kappa shape index (κ1) is 24.9. The summed E-state index contributed by atoms with van der Waals surface area (Å²) >= 11 is 6.12. The molecule has 0 saturated heterocycles. The smallest absolute Gasteiger partial charge is 0.329 e. The molecule has 0 atom stereocenters. The van der Waals surface area contributed by atoms with Crippen LogP contribution in [-0.4, -0.2) is 43.4 Å². The second kappa shape index (κ2) is 11.4. The zero-order chi connectivity index (χ0) is 24.7. The Bertz CT molecular complexity index is 1220. The number of halogens is 1. The molecule has 3 rings (SSSR count). The highest BCUT2D eigenvalue weighted by molar-refractivity contribution is 6.35. The molecule has 0 radical (unpaired) electrons. The quantitative estimate of drug-likeness (QED) is 0.291. The first-order valence-electron chi connectivity index (χ1n) is 10.6. The summed E-state index contributed by atoms with van der Waals surface area (Å²) in [5.41, 5.74) is 6.86. The van der Waals surface area contributed by atoms with Gasteiger partial charge in [0.1, 0.15) is 0 Å². The van der Waals surface area contributed by atoms with E-state index in [-0.39, 0.29) is 6.54 Å². The Kier molecular flexibility index (Phi) is 8.32. The Morgan fingerprint density at radius 2 is 1.79 bits per heavy atom. The van der Waals surface area contributed by atoms with Crippen LogP contribution in [0.4, 0.5) is 0 Å². The topological polar surface area (TPSA) is 94.0 Å². The predicted molar refractivity (Wildman–Crippen MR) is 132 cm³/mol. The van der Waals surface area contributed by atoms with Gasteiger partial charge in [-0.3, -0.25) is 9.59 Å². The summed E-state index contributed by atoms with van der Waals surface area (Å²) in [4.78, 5) is 24.2. The number of carbonyl (C=O) groups excluding carboxylic acids is 2. The fourth-order valence-electron chi connectivity index (χ4n) is 3.58. The summed E-state index contributed by atoms with van der Waals surface area (Å²) < 4.78 is 12.5. The lowest BCUT2D eigenvalue weighted by Gasteiger charge is -2.10. The van der Waals surface area contributed by atoms with Crippen molar-refractivity contribution in [1.82, 2.24) is 15.3 Å². The number of nitrogens with zero attached hydrogens (tertiary/aromatic N) is 2. The van der Waals surface area contributed by atoms with Crippen molar-refractivity contribution in [3.63, 3.8) is 0 Å². The highest BCUT2D eigenvalue weighted by atomic mass is 35.5. The number of hydrogen-bond donors (Lipinski definition) is 2. The van der Waals surface area contributed by atoms with Gasteiger partial charge in [-0.05, 0) is 62.2 Å². The molecule has 9 heteroatoms. The van der Waals surface area contributed by atoms with Crippen molar-refractivity contribution in [2.45, 2.75) is 20.3 Å². The number of nitrogens with one attached hydrogen (secondary N) is 2. The van der Waals surface area contributed by atoms with Crippen LogP contribution < -0.4 is 20.2 Å². The minimum absolute atomic E-state index is 0.284. The summed E-state index contributed by atoms with van der Waals surface area (Å²) in [6.45, 7) is 4.19. The van der Waals surface area contributed by atoms with Crippen LogP contribution >= 0.6 is 11.6 Å². The Labute approximate surface area is 203 Å². The minimum Gasteiger partial charge on any atom is -0.493 e. The van der Waals surface area contributed by atoms with Crippen molar-refractivity contribution in [1.29, 1.82) is 0 Å². The van der Waals surface area contributed by atoms with Gasteiger partial charge in [-0.1, -0.05) is 23.7 Å². The lowest BCUT2D eigenvalue weighted by Crippen LogP contribution is -2.38. The van der Waals surface area contributed by atoms with Crippen LogP contribution in [0, 0.1) is 13.8 Å². The van der Waals surface area contributed by atoms with Crippen LogP contribution in [0.2, 0.25) is 5.02 Å². The SMILES string of the molecule is COc1ccc(CCNC(=O)C(=O)N/N=C\c2cc(C)n(-c3cccc(Cl)c3)c2C)cc1OC. The fraction of sp³-hybridized carbons (Fsp3) is 0.240. The lowest BCUT2D eigenvalue weighted by atomic mass is 10.1. The molecule has 8 nitrogen and oxygen atoms in total. The Morgan fingerprint density at radius 1 is 1.03 bits per heavy atom. The molecule has 34 heavy (non-hydrogen) atoms. The van der Waals surface area contributed by atoms with Gasteiger partial charge in [0.2, 0.25) is 0 Å². The van der Waals surface area contributed by atoms with Gasteiger partial charge < -0.3 is 19.4 Å². The van der Waals surface area contributed by atoms with Gasteiger partial charge in [0, 0.05) is 34.2 Å². The molecule has 2 aromatic carbocycles. The predicted octanol–water partition coefficient (Wildman–Crippen LogP) is 3.57. The lowest BCUT2D eigenvalue weighted by molar-refractivity contribution is -0.139. The first-order valence-corrected chi connectivity index (χ1v) is 11.0. The van der Waals surface area contributed by atoms with Crippen LogP contribution in [0.25, 0.3) is 5.69 Å². The standard InChI is InChI=1S/C25H27ClN4O4/c1-16-12-19(17(2)30(16)21-7-5-6-20(26)14-21)15-28-29-25(32)24(31)27-11-10-18-8-9-22(33-3)23(13-18)34-4/h5-9,12-15H,10-11H2,1-4H3,(H,27,31)(H,29,32)/b28-15-. The number of hydrogen-bond acceptors (Lipinski definition) is 5. The summed E-state index contributed by atoms with van der Waals surface area (Å²) in [5.74, 6) is -0.372. The van der Waals surface area contributed by atoms with Gasteiger partial charge in [-0.2, -0.15) is 5.10 Å². The molecule has 0 unspecified atom stereocenters. The minimum atomic E-state index is -0.841. The first-order chi connectivity index (χ1) is 16.3. The van der Waals surface area contributed by atoms with Gasteiger partial charge in [0.05, 0.1) is 20.4 Å². The number of methoxy groups -OCH3 is 2. The van der Waals surface area contributed by atoms with E-state index < -0.39 is 11.8 Å². The highest BCUT2D eigenvalue weighted by Crippen LogP contribution is 2.27. The molecule has 0 spiro atoms. The van der Waals surface area contributed by atoms with Crippen LogP contribution in [0.3, 0.4) is 0 Å². The van der Waals surface area contributed by atoms with E-state index in [1.165, 1.54) is 6.21 Å². The third-order valence-corrected chi connectivity index (χ3v) is 5.49. The molecule has 3 aromatic rings. The van der Waals surface area contributed by atoms with E-state index >= 15 is 0 Å². The van der Waals surface area contributed by atoms with E-state index in [9.17, 15) is 9.59 Å². The van der Waals surface area contributed by atoms with Crippen molar-refractivity contribution >= 4 is 29.6 Å². The fourth-order valence-corrected chi connectivity index (χ4v) is 3.76. The molecule has 2 amide bonds. The van der Waals surface area contributed by atoms with Gasteiger partial charge in [-0.15, -0.1) is 0 Å². The summed E-state index contributed by atoms with van der Waals surface area (Å²) in [6.07, 6.45) is 2.04. The van der Waals surface area contributed by atoms with E-state index in [4.69, 9.17) is 21.1 Å². The van der Waals surface area contributed by atoms with Gasteiger partial charge in [0.25, 0.3) is 0 Å². The van der Waals surface area contributed by atoms with Gasteiger partial charge in [0.15, 0.2) is 11.5 Å². The second-order valence-electron chi connectivity index (χ2n) is 7.54. The average molecular weight is 483 g/mol. The zero-order valence-corrected chi connectivity index (χ0v) is 20.3. The maximum absolute atomic E-state index is 12.1. The number of benzene rings is 2. The van der Waals surface area contributed by atoms with Crippen LogP contribution in [-0.2, 0) is 16.0 Å². The number of amides is 2. The Balaban J connectivity index is 1.54. The van der Waals surface area contributed by atoms with Crippen molar-refractivity contribution < 1.29 is 19.1 Å². The molecule has 0 aliphatic carbocycles. The summed E-state index contributed by atoms with van der Waals surface area (Å²) in [6, 6.07) is 15.0. The van der Waals surface area contributed by atoms with E-state index in [2.05, 4.69) is 15.8 Å². The molecule has 0 bridgehead atoms.